The third kappa shape index (κ3) is 2.27. The number of imidazole rings is 1. The van der Waals surface area contributed by atoms with Gasteiger partial charge in [0.25, 0.3) is 5.91 Å². The standard InChI is InChI=1S/C20H17N3OS/c24-20(22-8-3-4-9-22)17-12-23-18(16-6-2-1-5-15(16)17)11-21-19(23)14-7-10-25-13-14/h1-2,5-7,10-13H,3-4,8-9H2. The number of aromatic nitrogens is 2. The second-order valence-corrected chi connectivity index (χ2v) is 7.22. The van der Waals surface area contributed by atoms with Gasteiger partial charge in [0, 0.05) is 35.6 Å². The van der Waals surface area contributed by atoms with Crippen LogP contribution < -0.4 is 0 Å². The minimum Gasteiger partial charge on any atom is -0.339 e. The number of hydrogen-bond donors (Lipinski definition) is 0. The van der Waals surface area contributed by atoms with Crippen LogP contribution in [0.25, 0.3) is 27.7 Å². The van der Waals surface area contributed by atoms with Gasteiger partial charge in [0.05, 0.1) is 17.3 Å². The molecular formula is C20H17N3OS. The van der Waals surface area contributed by atoms with Crippen molar-refractivity contribution < 1.29 is 4.79 Å². The zero-order valence-corrected chi connectivity index (χ0v) is 14.5. The molecule has 1 fully saturated rings. The maximum Gasteiger partial charge on any atom is 0.255 e. The molecule has 5 heteroatoms. The van der Waals surface area contributed by atoms with Crippen molar-refractivity contribution in [1.82, 2.24) is 14.3 Å². The summed E-state index contributed by atoms with van der Waals surface area (Å²) in [6.07, 6.45) is 6.06. The molecule has 0 bridgehead atoms. The van der Waals surface area contributed by atoms with Gasteiger partial charge in [-0.3, -0.25) is 9.20 Å². The molecule has 4 aromatic rings. The minimum atomic E-state index is 0.126. The SMILES string of the molecule is O=C(c1cn2c(-c3ccsc3)ncc2c2ccccc12)N1CCCC1. The summed E-state index contributed by atoms with van der Waals surface area (Å²) >= 11 is 1.65. The minimum absolute atomic E-state index is 0.126. The molecule has 1 saturated heterocycles. The third-order valence-electron chi connectivity index (χ3n) is 4.95. The van der Waals surface area contributed by atoms with E-state index in [1.54, 1.807) is 11.3 Å². The lowest BCUT2D eigenvalue weighted by Crippen LogP contribution is -2.28. The van der Waals surface area contributed by atoms with Gasteiger partial charge in [0.15, 0.2) is 0 Å². The second kappa shape index (κ2) is 5.70. The number of likely N-dealkylation sites (tertiary alicyclic amines) is 1. The smallest absolute Gasteiger partial charge is 0.255 e. The normalized spacial score (nSPS) is 14.6. The molecule has 0 saturated carbocycles. The Hall–Kier alpha value is -2.66. The monoisotopic (exact) mass is 347 g/mol. The molecule has 0 radical (unpaired) electrons. The lowest BCUT2D eigenvalue weighted by Gasteiger charge is -2.17. The van der Waals surface area contributed by atoms with Gasteiger partial charge in [-0.2, -0.15) is 11.3 Å². The molecule has 4 nitrogen and oxygen atoms in total. The molecule has 0 aliphatic carbocycles. The van der Waals surface area contributed by atoms with E-state index < -0.39 is 0 Å². The Morgan fingerprint density at radius 2 is 1.88 bits per heavy atom. The molecule has 0 unspecified atom stereocenters. The van der Waals surface area contributed by atoms with E-state index in [-0.39, 0.29) is 5.91 Å². The van der Waals surface area contributed by atoms with E-state index in [1.165, 1.54) is 0 Å². The lowest BCUT2D eigenvalue weighted by molar-refractivity contribution is 0.0794. The molecule has 1 aliphatic heterocycles. The molecule has 25 heavy (non-hydrogen) atoms. The van der Waals surface area contributed by atoms with Crippen LogP contribution in [0.15, 0.2) is 53.5 Å². The van der Waals surface area contributed by atoms with Crippen molar-refractivity contribution in [3.05, 3.63) is 59.0 Å². The van der Waals surface area contributed by atoms with Crippen LogP contribution in [-0.4, -0.2) is 33.3 Å². The number of hydrogen-bond acceptors (Lipinski definition) is 3. The van der Waals surface area contributed by atoms with Crippen molar-refractivity contribution in [1.29, 1.82) is 0 Å². The average molecular weight is 347 g/mol. The molecule has 1 aliphatic rings. The third-order valence-corrected chi connectivity index (χ3v) is 5.63. The van der Waals surface area contributed by atoms with Gasteiger partial charge in [0.1, 0.15) is 5.82 Å². The number of nitrogens with zero attached hydrogens (tertiary/aromatic N) is 3. The van der Waals surface area contributed by atoms with Gasteiger partial charge < -0.3 is 4.90 Å². The molecule has 0 N–H and O–H groups in total. The highest BCUT2D eigenvalue weighted by molar-refractivity contribution is 7.08. The second-order valence-electron chi connectivity index (χ2n) is 6.44. The van der Waals surface area contributed by atoms with Gasteiger partial charge in [-0.15, -0.1) is 0 Å². The first kappa shape index (κ1) is 14.7. The molecule has 0 spiro atoms. The Morgan fingerprint density at radius 1 is 1.08 bits per heavy atom. The fraction of sp³-hybridized carbons (Fsp3) is 0.200. The molecule has 1 aromatic carbocycles. The van der Waals surface area contributed by atoms with Crippen LogP contribution >= 0.6 is 11.3 Å². The first-order valence-corrected chi connectivity index (χ1v) is 9.48. The number of rotatable bonds is 2. The Labute approximate surface area is 149 Å². The number of carbonyl (C=O) groups excluding carboxylic acids is 1. The maximum absolute atomic E-state index is 13.1. The van der Waals surface area contributed by atoms with Crippen molar-refractivity contribution in [3.63, 3.8) is 0 Å². The zero-order valence-electron chi connectivity index (χ0n) is 13.7. The van der Waals surface area contributed by atoms with Crippen LogP contribution in [0.1, 0.15) is 23.2 Å². The number of thiophene rings is 1. The fourth-order valence-electron chi connectivity index (χ4n) is 3.70. The highest BCUT2D eigenvalue weighted by Crippen LogP contribution is 2.30. The number of pyridine rings is 1. The van der Waals surface area contributed by atoms with E-state index in [4.69, 9.17) is 0 Å². The van der Waals surface area contributed by atoms with E-state index in [0.717, 1.165) is 59.2 Å². The van der Waals surface area contributed by atoms with Crippen LogP contribution in [0.2, 0.25) is 0 Å². The van der Waals surface area contributed by atoms with E-state index in [2.05, 4.69) is 26.9 Å². The van der Waals surface area contributed by atoms with Crippen molar-refractivity contribution in [2.45, 2.75) is 12.8 Å². The molecule has 0 atom stereocenters. The summed E-state index contributed by atoms with van der Waals surface area (Å²) < 4.78 is 2.06. The quantitative estimate of drug-likeness (QED) is 0.537. The highest BCUT2D eigenvalue weighted by Gasteiger charge is 2.23. The van der Waals surface area contributed by atoms with Crippen LogP contribution in [0.4, 0.5) is 0 Å². The highest BCUT2D eigenvalue weighted by atomic mass is 32.1. The van der Waals surface area contributed by atoms with Gasteiger partial charge >= 0.3 is 0 Å². The number of carbonyl (C=O) groups is 1. The fourth-order valence-corrected chi connectivity index (χ4v) is 4.33. The maximum atomic E-state index is 13.1. The van der Waals surface area contributed by atoms with Gasteiger partial charge in [-0.05, 0) is 29.7 Å². The summed E-state index contributed by atoms with van der Waals surface area (Å²) in [7, 11) is 0. The van der Waals surface area contributed by atoms with Gasteiger partial charge in [-0.1, -0.05) is 24.3 Å². The zero-order chi connectivity index (χ0) is 16.8. The predicted octanol–water partition coefficient (Wildman–Crippen LogP) is 4.45. The predicted molar refractivity (Wildman–Crippen MR) is 101 cm³/mol. The van der Waals surface area contributed by atoms with E-state index in [9.17, 15) is 4.79 Å². The summed E-state index contributed by atoms with van der Waals surface area (Å²) in [6, 6.07) is 10.2. The molecule has 5 rings (SSSR count). The summed E-state index contributed by atoms with van der Waals surface area (Å²) in [5.74, 6) is 1.01. The average Bonchev–Trinajstić information content (AvgIpc) is 3.41. The summed E-state index contributed by atoms with van der Waals surface area (Å²) in [5.41, 5.74) is 2.88. The molecule has 124 valence electrons. The first-order valence-electron chi connectivity index (χ1n) is 8.53. The van der Waals surface area contributed by atoms with E-state index >= 15 is 0 Å². The summed E-state index contributed by atoms with van der Waals surface area (Å²) in [5, 5.41) is 6.21. The number of amides is 1. The summed E-state index contributed by atoms with van der Waals surface area (Å²) in [6.45, 7) is 1.71. The Kier molecular flexibility index (Phi) is 3.35. The molecule has 1 amide bonds. The van der Waals surface area contributed by atoms with Crippen molar-refractivity contribution in [2.24, 2.45) is 0 Å². The molecule has 4 heterocycles. The largest absolute Gasteiger partial charge is 0.339 e. The van der Waals surface area contributed by atoms with Crippen molar-refractivity contribution >= 4 is 33.5 Å². The topological polar surface area (TPSA) is 37.6 Å². The van der Waals surface area contributed by atoms with Crippen LogP contribution in [0, 0.1) is 0 Å². The van der Waals surface area contributed by atoms with Crippen LogP contribution in [0.3, 0.4) is 0 Å². The van der Waals surface area contributed by atoms with Gasteiger partial charge in [0.2, 0.25) is 0 Å². The lowest BCUT2D eigenvalue weighted by atomic mass is 10.1. The van der Waals surface area contributed by atoms with Crippen molar-refractivity contribution in [3.8, 4) is 11.4 Å². The Balaban J connectivity index is 1.80. The van der Waals surface area contributed by atoms with E-state index in [1.807, 2.05) is 40.9 Å². The first-order chi connectivity index (χ1) is 12.3. The number of fused-ring (bicyclic) bond motifs is 3. The van der Waals surface area contributed by atoms with E-state index in [0.29, 0.717) is 0 Å². The summed E-state index contributed by atoms with van der Waals surface area (Å²) in [4.78, 5) is 19.7. The van der Waals surface area contributed by atoms with Crippen LogP contribution in [-0.2, 0) is 0 Å². The Bertz CT molecular complexity index is 1080. The van der Waals surface area contributed by atoms with Crippen molar-refractivity contribution in [2.75, 3.05) is 13.1 Å². The molecular weight excluding hydrogens is 330 g/mol. The van der Waals surface area contributed by atoms with Gasteiger partial charge in [-0.25, -0.2) is 4.98 Å². The Morgan fingerprint density at radius 3 is 2.64 bits per heavy atom. The number of benzene rings is 1. The van der Waals surface area contributed by atoms with Crippen LogP contribution in [0.5, 0.6) is 0 Å². The molecule has 3 aromatic heterocycles.